The highest BCUT2D eigenvalue weighted by atomic mass is 16.1. The van der Waals surface area contributed by atoms with Crippen LogP contribution in [0.1, 0.15) is 30.0 Å². The molecule has 1 atom stereocenters. The molecule has 20 heavy (non-hydrogen) atoms. The Kier molecular flexibility index (Phi) is 3.68. The van der Waals surface area contributed by atoms with E-state index in [1.807, 2.05) is 17.1 Å². The molecule has 1 unspecified atom stereocenters. The predicted octanol–water partition coefficient (Wildman–Crippen LogP) is 2.82. The Morgan fingerprint density at radius 2 is 2.15 bits per heavy atom. The molecule has 0 N–H and O–H groups in total. The fourth-order valence-electron chi connectivity index (χ4n) is 2.99. The second-order valence-electron chi connectivity index (χ2n) is 5.56. The number of aryl methyl sites for hydroxylation is 2. The van der Waals surface area contributed by atoms with E-state index in [2.05, 4.69) is 36.3 Å². The van der Waals surface area contributed by atoms with Gasteiger partial charge in [-0.3, -0.25) is 9.48 Å². The molecule has 0 radical (unpaired) electrons. The number of fused-ring (bicyclic) bond motifs is 1. The highest BCUT2D eigenvalue weighted by Crippen LogP contribution is 2.26. The third kappa shape index (κ3) is 2.67. The number of carbonyl (C=O) groups is 1. The van der Waals surface area contributed by atoms with E-state index in [4.69, 9.17) is 0 Å². The van der Waals surface area contributed by atoms with E-state index in [1.54, 1.807) is 0 Å². The van der Waals surface area contributed by atoms with Crippen molar-refractivity contribution < 1.29 is 4.79 Å². The highest BCUT2D eigenvalue weighted by Gasteiger charge is 2.24. The van der Waals surface area contributed by atoms with Crippen LogP contribution in [0.15, 0.2) is 36.7 Å². The smallest absolute Gasteiger partial charge is 0.140 e. The first-order chi connectivity index (χ1) is 9.76. The molecule has 1 aromatic carbocycles. The average Bonchev–Trinajstić information content (AvgIpc) is 2.94. The molecule has 0 saturated heterocycles. The average molecular weight is 268 g/mol. The van der Waals surface area contributed by atoms with E-state index >= 15 is 0 Å². The van der Waals surface area contributed by atoms with Crippen molar-refractivity contribution >= 4 is 5.78 Å². The Morgan fingerprint density at radius 1 is 1.35 bits per heavy atom. The van der Waals surface area contributed by atoms with Crippen molar-refractivity contribution in [2.24, 2.45) is 5.92 Å². The molecule has 3 heteroatoms. The summed E-state index contributed by atoms with van der Waals surface area (Å²) in [6, 6.07) is 8.49. The molecule has 104 valence electrons. The normalized spacial score (nSPS) is 17.8. The summed E-state index contributed by atoms with van der Waals surface area (Å²) in [5, 5.41) is 4.23. The number of ketones is 1. The van der Waals surface area contributed by atoms with Crippen LogP contribution in [0.5, 0.6) is 0 Å². The first-order valence-electron chi connectivity index (χ1n) is 7.37. The van der Waals surface area contributed by atoms with Crippen LogP contribution in [0, 0.1) is 5.92 Å². The number of Topliss-reactive ketones (excluding diaryl/α,β-unsaturated/α-hetero) is 1. The first kappa shape index (κ1) is 13.1. The molecule has 2 aromatic rings. The van der Waals surface area contributed by atoms with Gasteiger partial charge in [-0.05, 0) is 42.9 Å². The zero-order chi connectivity index (χ0) is 13.9. The fraction of sp³-hybridized carbons (Fsp3) is 0.412. The molecule has 0 bridgehead atoms. The molecule has 0 aliphatic heterocycles. The van der Waals surface area contributed by atoms with Crippen molar-refractivity contribution in [1.29, 1.82) is 0 Å². The van der Waals surface area contributed by atoms with E-state index in [1.165, 1.54) is 11.1 Å². The number of nitrogens with zero attached hydrogens (tertiary/aromatic N) is 2. The lowest BCUT2D eigenvalue weighted by Crippen LogP contribution is -2.24. The van der Waals surface area contributed by atoms with Gasteiger partial charge in [-0.15, -0.1) is 0 Å². The van der Waals surface area contributed by atoms with Gasteiger partial charge in [0.05, 0.1) is 6.20 Å². The highest BCUT2D eigenvalue weighted by molar-refractivity contribution is 5.83. The van der Waals surface area contributed by atoms with E-state index in [9.17, 15) is 4.79 Å². The molecule has 3 nitrogen and oxygen atoms in total. The third-order valence-electron chi connectivity index (χ3n) is 4.19. The maximum Gasteiger partial charge on any atom is 0.140 e. The van der Waals surface area contributed by atoms with Crippen LogP contribution in [-0.2, 0) is 30.6 Å². The fourth-order valence-corrected chi connectivity index (χ4v) is 2.99. The van der Waals surface area contributed by atoms with E-state index in [0.717, 1.165) is 31.4 Å². The third-order valence-corrected chi connectivity index (χ3v) is 4.19. The number of hydrogen-bond donors (Lipinski definition) is 0. The van der Waals surface area contributed by atoms with Crippen LogP contribution < -0.4 is 0 Å². The molecule has 0 fully saturated rings. The molecule has 0 amide bonds. The molecule has 1 aliphatic rings. The summed E-state index contributed by atoms with van der Waals surface area (Å²) in [5.41, 5.74) is 3.80. The molecule has 0 saturated carbocycles. The van der Waals surface area contributed by atoms with Gasteiger partial charge in [0.25, 0.3) is 0 Å². The first-order valence-corrected chi connectivity index (χ1v) is 7.37. The summed E-state index contributed by atoms with van der Waals surface area (Å²) >= 11 is 0. The van der Waals surface area contributed by atoms with Crippen molar-refractivity contribution in [3.63, 3.8) is 0 Å². The minimum atomic E-state index is 0.176. The topological polar surface area (TPSA) is 34.9 Å². The summed E-state index contributed by atoms with van der Waals surface area (Å²) in [4.78, 5) is 12.4. The summed E-state index contributed by atoms with van der Waals surface area (Å²) < 4.78 is 1.87. The SMILES string of the molecule is CCn1cc(CC(=O)C2CCc3ccccc3C2)cn1. The molecule has 1 heterocycles. The van der Waals surface area contributed by atoms with Crippen molar-refractivity contribution in [2.45, 2.75) is 39.2 Å². The second kappa shape index (κ2) is 5.61. The lowest BCUT2D eigenvalue weighted by atomic mass is 9.80. The van der Waals surface area contributed by atoms with Gasteiger partial charge in [0.2, 0.25) is 0 Å². The van der Waals surface area contributed by atoms with Gasteiger partial charge in [-0.2, -0.15) is 5.10 Å². The molecule has 0 spiro atoms. The van der Waals surface area contributed by atoms with Gasteiger partial charge < -0.3 is 0 Å². The Hall–Kier alpha value is -1.90. The molecular formula is C17H20N2O. The van der Waals surface area contributed by atoms with E-state index < -0.39 is 0 Å². The van der Waals surface area contributed by atoms with Crippen LogP contribution in [0.3, 0.4) is 0 Å². The zero-order valence-electron chi connectivity index (χ0n) is 11.9. The van der Waals surface area contributed by atoms with Gasteiger partial charge in [0.1, 0.15) is 5.78 Å². The van der Waals surface area contributed by atoms with Crippen molar-refractivity contribution in [1.82, 2.24) is 9.78 Å². The Bertz CT molecular complexity index is 615. The number of aromatic nitrogens is 2. The summed E-state index contributed by atoms with van der Waals surface area (Å²) in [6.45, 7) is 2.90. The predicted molar refractivity (Wildman–Crippen MR) is 78.6 cm³/mol. The van der Waals surface area contributed by atoms with Gasteiger partial charge in [-0.1, -0.05) is 24.3 Å². The van der Waals surface area contributed by atoms with Gasteiger partial charge in [-0.25, -0.2) is 0 Å². The van der Waals surface area contributed by atoms with Gasteiger partial charge in [0, 0.05) is 25.1 Å². The number of benzene rings is 1. The Morgan fingerprint density at radius 3 is 2.90 bits per heavy atom. The minimum Gasteiger partial charge on any atom is -0.299 e. The van der Waals surface area contributed by atoms with Gasteiger partial charge >= 0.3 is 0 Å². The zero-order valence-corrected chi connectivity index (χ0v) is 11.9. The summed E-state index contributed by atoms with van der Waals surface area (Å²) in [5.74, 6) is 0.532. The lowest BCUT2D eigenvalue weighted by Gasteiger charge is -2.23. The van der Waals surface area contributed by atoms with Crippen LogP contribution in [-0.4, -0.2) is 15.6 Å². The van der Waals surface area contributed by atoms with E-state index in [-0.39, 0.29) is 5.92 Å². The van der Waals surface area contributed by atoms with Crippen LogP contribution >= 0.6 is 0 Å². The van der Waals surface area contributed by atoms with Crippen molar-refractivity contribution in [3.8, 4) is 0 Å². The van der Waals surface area contributed by atoms with Crippen LogP contribution in [0.2, 0.25) is 0 Å². The van der Waals surface area contributed by atoms with Crippen molar-refractivity contribution in [3.05, 3.63) is 53.3 Å². The Labute approximate surface area is 119 Å². The monoisotopic (exact) mass is 268 g/mol. The quantitative estimate of drug-likeness (QED) is 0.854. The number of carbonyl (C=O) groups excluding carboxylic acids is 1. The molecular weight excluding hydrogens is 248 g/mol. The maximum atomic E-state index is 12.4. The standard InChI is InChI=1S/C17H20N2O/c1-2-19-12-13(11-18-19)9-17(20)16-8-7-14-5-3-4-6-15(14)10-16/h3-6,11-12,16H,2,7-10H2,1H3. The summed E-state index contributed by atoms with van der Waals surface area (Å²) in [7, 11) is 0. The molecule has 1 aromatic heterocycles. The second-order valence-corrected chi connectivity index (χ2v) is 5.56. The largest absolute Gasteiger partial charge is 0.299 e. The minimum absolute atomic E-state index is 0.176. The lowest BCUT2D eigenvalue weighted by molar-refractivity contribution is -0.122. The molecule has 3 rings (SSSR count). The molecule has 1 aliphatic carbocycles. The van der Waals surface area contributed by atoms with Crippen LogP contribution in [0.4, 0.5) is 0 Å². The van der Waals surface area contributed by atoms with Gasteiger partial charge in [0.15, 0.2) is 0 Å². The number of hydrogen-bond acceptors (Lipinski definition) is 2. The maximum absolute atomic E-state index is 12.4. The Balaban J connectivity index is 1.67. The summed E-state index contributed by atoms with van der Waals surface area (Å²) in [6.07, 6.45) is 7.23. The van der Waals surface area contributed by atoms with Crippen LogP contribution in [0.25, 0.3) is 0 Å². The number of rotatable bonds is 4. The van der Waals surface area contributed by atoms with E-state index in [0.29, 0.717) is 12.2 Å². The van der Waals surface area contributed by atoms with Crippen molar-refractivity contribution in [2.75, 3.05) is 0 Å².